The lowest BCUT2D eigenvalue weighted by atomic mass is 9.80. The third kappa shape index (κ3) is 13.3. The molecule has 0 saturated carbocycles. The zero-order valence-corrected chi connectivity index (χ0v) is 66.5. The number of benzene rings is 16. The normalized spacial score (nSPS) is 11.6. The van der Waals surface area contributed by atoms with Crippen LogP contribution in [0.1, 0.15) is 0 Å². The largest absolute Gasteiger partial charge is 0.489 e. The molecular formula is C102H61BCl2N6O4S3. The van der Waals surface area contributed by atoms with Crippen LogP contribution in [0.2, 0.25) is 10.0 Å². The van der Waals surface area contributed by atoms with Gasteiger partial charge in [0, 0.05) is 126 Å². The molecule has 558 valence electrons. The van der Waals surface area contributed by atoms with Gasteiger partial charge in [0.15, 0.2) is 40.5 Å². The summed E-state index contributed by atoms with van der Waals surface area (Å²) in [6.07, 6.45) is 0. The first-order chi connectivity index (χ1) is 58.1. The summed E-state index contributed by atoms with van der Waals surface area (Å²) in [4.78, 5) is 29.7. The van der Waals surface area contributed by atoms with Crippen molar-refractivity contribution < 1.29 is 18.9 Å². The molecule has 23 rings (SSSR count). The van der Waals surface area contributed by atoms with Crippen molar-refractivity contribution in [2.75, 3.05) is 0 Å². The van der Waals surface area contributed by atoms with Crippen molar-refractivity contribution in [1.29, 1.82) is 0 Å². The van der Waals surface area contributed by atoms with E-state index in [9.17, 15) is 10.0 Å². The monoisotopic (exact) mass is 1610 g/mol. The number of thiophene rings is 3. The Morgan fingerprint density at radius 2 is 0.585 bits per heavy atom. The molecule has 0 spiro atoms. The molecule has 0 radical (unpaired) electrons. The standard InChI is InChI=1S/C57H33N3OS2.C33H19Cl2N3O.C12H9BO2S/c1-3-15-34(16-4-1)55-58-56(35-17-5-2-6-18-35)60-57(59-55)37-20-11-19-36(31-37)39-23-14-28-48-51(39)47-33-38(40-24-12-25-43-41-21-7-9-29-49(41)62-53(40)43)32-46(52(47)61-48)45-27-13-26-44-42-22-8-10-30-50(42)63-54(44)45;34-24-18-26-29-25(15-8-16-28(29)39-30(26)27(35)19-24)22-13-7-14-23(17-22)33-37-31(20-9-3-1-4-10-20)36-32(38-33)21-11-5-2-6-12-21;14-13(15)10-6-3-5-9-8-4-1-2-7-11(8)16-12(9)10/h1-33H;1-19H;1-7,14-15H. The van der Waals surface area contributed by atoms with Crippen LogP contribution in [0.5, 0.6) is 0 Å². The number of aromatic nitrogens is 6. The number of furan rings is 2. The molecule has 16 heteroatoms. The molecule has 0 fully saturated rings. The summed E-state index contributed by atoms with van der Waals surface area (Å²) in [6, 6.07) is 122. The lowest BCUT2D eigenvalue weighted by Gasteiger charge is -2.11. The van der Waals surface area contributed by atoms with E-state index < -0.39 is 7.12 Å². The van der Waals surface area contributed by atoms with E-state index in [0.29, 0.717) is 56.0 Å². The van der Waals surface area contributed by atoms with Gasteiger partial charge in [-0.1, -0.05) is 314 Å². The molecule has 7 heterocycles. The predicted molar refractivity (Wildman–Crippen MR) is 494 cm³/mol. The number of nitrogens with zero attached hydrogens (tertiary/aromatic N) is 6. The van der Waals surface area contributed by atoms with Crippen LogP contribution >= 0.6 is 57.2 Å². The maximum atomic E-state index is 9.31. The quantitative estimate of drug-likeness (QED) is 0.120. The molecule has 0 aliphatic heterocycles. The average molecular weight is 1610 g/mol. The molecule has 0 saturated heterocycles. The summed E-state index contributed by atoms with van der Waals surface area (Å²) < 4.78 is 20.4. The van der Waals surface area contributed by atoms with E-state index in [1.807, 2.05) is 205 Å². The van der Waals surface area contributed by atoms with Gasteiger partial charge >= 0.3 is 7.12 Å². The molecule has 16 aromatic carbocycles. The number of rotatable bonds is 11. The van der Waals surface area contributed by atoms with Crippen LogP contribution in [0.3, 0.4) is 0 Å². The highest BCUT2D eigenvalue weighted by Crippen LogP contribution is 2.50. The molecule has 0 bridgehead atoms. The van der Waals surface area contributed by atoms with Crippen LogP contribution in [0, 0.1) is 0 Å². The molecule has 10 nitrogen and oxygen atoms in total. The predicted octanol–water partition coefficient (Wildman–Crippen LogP) is 28.0. The summed E-state index contributed by atoms with van der Waals surface area (Å²) in [5.41, 5.74) is 18.0. The summed E-state index contributed by atoms with van der Waals surface area (Å²) in [7, 11) is -1.41. The maximum absolute atomic E-state index is 9.31. The minimum Gasteiger partial charge on any atom is -0.455 e. The maximum Gasteiger partial charge on any atom is 0.489 e. The van der Waals surface area contributed by atoms with E-state index in [1.54, 1.807) is 23.5 Å². The first kappa shape index (κ1) is 72.1. The van der Waals surface area contributed by atoms with Gasteiger partial charge in [-0.05, 0) is 111 Å². The highest BCUT2D eigenvalue weighted by atomic mass is 35.5. The Balaban J connectivity index is 0.000000132. The minimum absolute atomic E-state index is 0.487. The number of hydrogen-bond acceptors (Lipinski definition) is 13. The molecule has 0 aliphatic rings. The zero-order chi connectivity index (χ0) is 78.9. The molecular weight excluding hydrogens is 1550 g/mol. The minimum atomic E-state index is -1.41. The van der Waals surface area contributed by atoms with Crippen molar-refractivity contribution in [3.63, 3.8) is 0 Å². The third-order valence-corrected chi connectivity index (χ3v) is 25.7. The lowest BCUT2D eigenvalue weighted by Crippen LogP contribution is -2.29. The topological polar surface area (TPSA) is 144 Å². The fourth-order valence-electron chi connectivity index (χ4n) is 16.1. The molecule has 0 amide bonds. The summed E-state index contributed by atoms with van der Waals surface area (Å²) in [5.74, 6) is 3.73. The third-order valence-electron chi connectivity index (χ3n) is 21.5. The fraction of sp³-hybridized carbons (Fsp3) is 0. The van der Waals surface area contributed by atoms with Gasteiger partial charge in [-0.15, -0.1) is 34.0 Å². The van der Waals surface area contributed by atoms with Gasteiger partial charge in [0.05, 0.1) is 5.02 Å². The summed E-state index contributed by atoms with van der Waals surface area (Å²) in [6.45, 7) is 0. The fourth-order valence-corrected chi connectivity index (χ4v) is 20.3. The van der Waals surface area contributed by atoms with E-state index in [-0.39, 0.29) is 0 Å². The van der Waals surface area contributed by atoms with Crippen LogP contribution in [-0.2, 0) is 0 Å². The van der Waals surface area contributed by atoms with Crippen LogP contribution < -0.4 is 5.46 Å². The van der Waals surface area contributed by atoms with E-state index >= 15 is 0 Å². The number of hydrogen-bond donors (Lipinski definition) is 2. The Morgan fingerprint density at radius 3 is 1.05 bits per heavy atom. The van der Waals surface area contributed by atoms with E-state index in [0.717, 1.165) is 115 Å². The second-order valence-electron chi connectivity index (χ2n) is 28.7. The Bertz CT molecular complexity index is 7740. The van der Waals surface area contributed by atoms with Gasteiger partial charge in [-0.2, -0.15) is 0 Å². The van der Waals surface area contributed by atoms with Crippen LogP contribution in [0.4, 0.5) is 0 Å². The summed E-state index contributed by atoms with van der Waals surface area (Å²) in [5, 5.41) is 31.0. The van der Waals surface area contributed by atoms with Crippen LogP contribution in [-0.4, -0.2) is 47.1 Å². The van der Waals surface area contributed by atoms with E-state index in [4.69, 9.17) is 61.9 Å². The van der Waals surface area contributed by atoms with Crippen LogP contribution in [0.15, 0.2) is 367 Å². The first-order valence-electron chi connectivity index (χ1n) is 38.5. The molecule has 0 atom stereocenters. The molecule has 118 heavy (non-hydrogen) atoms. The molecule has 0 aliphatic carbocycles. The lowest BCUT2D eigenvalue weighted by molar-refractivity contribution is 0.426. The van der Waals surface area contributed by atoms with Crippen LogP contribution in [0.25, 0.3) is 217 Å². The Hall–Kier alpha value is -13.6. The van der Waals surface area contributed by atoms with Gasteiger partial charge in [0.25, 0.3) is 0 Å². The van der Waals surface area contributed by atoms with Gasteiger partial charge in [-0.25, -0.2) is 29.9 Å². The van der Waals surface area contributed by atoms with Crippen molar-refractivity contribution in [3.8, 4) is 113 Å². The Kier molecular flexibility index (Phi) is 18.7. The van der Waals surface area contributed by atoms with Crippen molar-refractivity contribution in [2.45, 2.75) is 0 Å². The Morgan fingerprint density at radius 1 is 0.246 bits per heavy atom. The first-order valence-corrected chi connectivity index (χ1v) is 41.7. The molecule has 2 N–H and O–H groups in total. The second kappa shape index (κ2) is 30.5. The molecule has 7 aromatic heterocycles. The second-order valence-corrected chi connectivity index (χ2v) is 32.7. The van der Waals surface area contributed by atoms with Crippen molar-refractivity contribution in [3.05, 3.63) is 368 Å². The molecule has 0 unspecified atom stereocenters. The van der Waals surface area contributed by atoms with Crippen molar-refractivity contribution >= 4 is 174 Å². The summed E-state index contributed by atoms with van der Waals surface area (Å²) >= 11 is 18.1. The SMILES string of the molecule is Clc1cc(Cl)c2oc3cccc(-c4cccc(-c5nc(-c6ccccc6)nc(-c6ccccc6)n5)c4)c3c2c1.OB(O)c1cccc2c1sc1ccccc12.c1ccc(-c2nc(-c3ccccc3)nc(-c3cccc(-c4cccc5oc6c(-c7cccc8c7sc7ccccc78)cc(-c7cccc8c7sc7ccccc78)cc6c45)c3)n2)cc1. The van der Waals surface area contributed by atoms with Gasteiger partial charge < -0.3 is 18.9 Å². The van der Waals surface area contributed by atoms with E-state index in [1.165, 1.54) is 61.6 Å². The highest BCUT2D eigenvalue weighted by molar-refractivity contribution is 7.27. The van der Waals surface area contributed by atoms with E-state index in [2.05, 4.69) is 164 Å². The van der Waals surface area contributed by atoms with Gasteiger partial charge in [0.1, 0.15) is 16.7 Å². The smallest absolute Gasteiger partial charge is 0.455 e. The Labute approximate surface area is 698 Å². The van der Waals surface area contributed by atoms with Crippen molar-refractivity contribution in [2.24, 2.45) is 0 Å². The number of halogens is 2. The average Bonchev–Trinajstić information content (AvgIpc) is 1.56. The van der Waals surface area contributed by atoms with Crippen molar-refractivity contribution in [1.82, 2.24) is 29.9 Å². The zero-order valence-electron chi connectivity index (χ0n) is 62.5. The van der Waals surface area contributed by atoms with Gasteiger partial charge in [0.2, 0.25) is 0 Å². The molecule has 23 aromatic rings. The number of fused-ring (bicyclic) bond motifs is 15. The highest BCUT2D eigenvalue weighted by Gasteiger charge is 2.25. The van der Waals surface area contributed by atoms with Gasteiger partial charge in [-0.3, -0.25) is 0 Å².